The molecule has 0 aliphatic heterocycles. The molecule has 6 nitrogen and oxygen atoms in total. The van der Waals surface area contributed by atoms with E-state index in [1.807, 2.05) is 22.9 Å². The Bertz CT molecular complexity index is 668. The fourth-order valence-electron chi connectivity index (χ4n) is 4.06. The smallest absolute Gasteiger partial charge is 0.186 e. The van der Waals surface area contributed by atoms with Crippen LogP contribution in [0.15, 0.2) is 18.2 Å². The summed E-state index contributed by atoms with van der Waals surface area (Å²) in [5.41, 5.74) is 7.47. The summed E-state index contributed by atoms with van der Waals surface area (Å²) in [4.78, 5) is 0. The summed E-state index contributed by atoms with van der Waals surface area (Å²) in [6.07, 6.45) is 5.16. The number of hydrogen-bond donors (Lipinski definition) is 1. The Labute approximate surface area is 123 Å². The minimum Gasteiger partial charge on any atom is -0.494 e. The van der Waals surface area contributed by atoms with E-state index >= 15 is 0 Å². The molecular weight excluding hydrogens is 266 g/mol. The Morgan fingerprint density at radius 2 is 2.19 bits per heavy atom. The van der Waals surface area contributed by atoms with Crippen LogP contribution in [0.5, 0.6) is 5.75 Å². The Balaban J connectivity index is 1.78. The van der Waals surface area contributed by atoms with Gasteiger partial charge < -0.3 is 10.5 Å². The van der Waals surface area contributed by atoms with Gasteiger partial charge in [0, 0.05) is 0 Å². The summed E-state index contributed by atoms with van der Waals surface area (Å²) in [6.45, 7) is 0. The zero-order chi connectivity index (χ0) is 14.4. The number of para-hydroxylation sites is 1. The maximum absolute atomic E-state index is 6.00. The molecule has 0 spiro atoms. The Morgan fingerprint density at radius 3 is 2.90 bits per heavy atom. The van der Waals surface area contributed by atoms with E-state index in [2.05, 4.69) is 15.5 Å². The third-order valence-corrected chi connectivity index (χ3v) is 5.00. The van der Waals surface area contributed by atoms with Crippen LogP contribution in [0.25, 0.3) is 11.4 Å². The van der Waals surface area contributed by atoms with Gasteiger partial charge >= 0.3 is 0 Å². The van der Waals surface area contributed by atoms with Crippen LogP contribution in [-0.4, -0.2) is 27.3 Å². The van der Waals surface area contributed by atoms with Crippen LogP contribution in [-0.2, 0) is 0 Å². The van der Waals surface area contributed by atoms with E-state index < -0.39 is 0 Å². The summed E-state index contributed by atoms with van der Waals surface area (Å²) in [5.74, 6) is 2.97. The average molecular weight is 285 g/mol. The van der Waals surface area contributed by atoms with Crippen molar-refractivity contribution < 1.29 is 4.74 Å². The van der Waals surface area contributed by atoms with Gasteiger partial charge in [0.2, 0.25) is 0 Å². The Kier molecular flexibility index (Phi) is 2.83. The average Bonchev–Trinajstić information content (AvgIpc) is 3.22. The van der Waals surface area contributed by atoms with Crippen molar-refractivity contribution in [2.45, 2.75) is 31.7 Å². The number of nitrogens with two attached hydrogens (primary N) is 1. The van der Waals surface area contributed by atoms with Gasteiger partial charge in [-0.25, -0.2) is 4.68 Å². The number of rotatable bonds is 3. The minimum atomic E-state index is 0.417. The first-order chi connectivity index (χ1) is 10.3. The van der Waals surface area contributed by atoms with Crippen LogP contribution in [0.2, 0.25) is 0 Å². The first-order valence-electron chi connectivity index (χ1n) is 7.48. The zero-order valence-corrected chi connectivity index (χ0v) is 12.1. The van der Waals surface area contributed by atoms with Crippen LogP contribution in [0.4, 0.5) is 5.69 Å². The molecule has 21 heavy (non-hydrogen) atoms. The van der Waals surface area contributed by atoms with Gasteiger partial charge in [-0.05, 0) is 53.7 Å². The lowest BCUT2D eigenvalue weighted by Crippen LogP contribution is -2.18. The standard InChI is InChI=1S/C15H19N5O/c1-21-14-11(3-2-4-12(14)16)15-17-18-19-20(15)13-8-9-5-6-10(13)7-9/h2-4,9-10,13H,5-8,16H2,1H3. The van der Waals surface area contributed by atoms with Crippen molar-refractivity contribution in [1.29, 1.82) is 0 Å². The Morgan fingerprint density at radius 1 is 1.29 bits per heavy atom. The highest BCUT2D eigenvalue weighted by Crippen LogP contribution is 2.51. The number of nitrogen functional groups attached to an aromatic ring is 1. The third-order valence-electron chi connectivity index (χ3n) is 5.00. The summed E-state index contributed by atoms with van der Waals surface area (Å²) < 4.78 is 7.43. The summed E-state index contributed by atoms with van der Waals surface area (Å²) in [7, 11) is 1.63. The lowest BCUT2D eigenvalue weighted by Gasteiger charge is -2.22. The summed E-state index contributed by atoms with van der Waals surface area (Å²) in [5, 5.41) is 12.4. The van der Waals surface area contributed by atoms with Gasteiger partial charge in [-0.1, -0.05) is 12.5 Å². The molecule has 0 amide bonds. The van der Waals surface area contributed by atoms with Gasteiger partial charge in [0.25, 0.3) is 0 Å². The van der Waals surface area contributed by atoms with Crippen molar-refractivity contribution in [3.05, 3.63) is 18.2 Å². The zero-order valence-electron chi connectivity index (χ0n) is 12.1. The molecule has 110 valence electrons. The molecule has 0 saturated heterocycles. The molecule has 0 radical (unpaired) electrons. The number of benzene rings is 1. The SMILES string of the molecule is COc1c(N)cccc1-c1nnnn1C1CC2CCC1C2. The van der Waals surface area contributed by atoms with Crippen molar-refractivity contribution >= 4 is 5.69 Å². The number of anilines is 1. The van der Waals surface area contributed by atoms with Crippen molar-refractivity contribution in [2.24, 2.45) is 11.8 Å². The monoisotopic (exact) mass is 285 g/mol. The molecule has 4 rings (SSSR count). The third kappa shape index (κ3) is 1.89. The molecule has 1 heterocycles. The van der Waals surface area contributed by atoms with Crippen LogP contribution in [0.1, 0.15) is 31.7 Å². The van der Waals surface area contributed by atoms with Crippen molar-refractivity contribution in [1.82, 2.24) is 20.2 Å². The molecule has 2 bridgehead atoms. The maximum atomic E-state index is 6.00. The Hall–Kier alpha value is -2.11. The number of methoxy groups -OCH3 is 1. The lowest BCUT2D eigenvalue weighted by atomic mass is 9.95. The second kappa shape index (κ2) is 4.72. The van der Waals surface area contributed by atoms with E-state index in [1.54, 1.807) is 7.11 Å². The van der Waals surface area contributed by atoms with Gasteiger partial charge in [-0.2, -0.15) is 0 Å². The van der Waals surface area contributed by atoms with Crippen LogP contribution < -0.4 is 10.5 Å². The number of tetrazole rings is 1. The molecule has 2 aromatic rings. The molecule has 2 aliphatic carbocycles. The fourth-order valence-corrected chi connectivity index (χ4v) is 4.06. The molecule has 2 N–H and O–H groups in total. The number of hydrogen-bond acceptors (Lipinski definition) is 5. The molecule has 2 aliphatic rings. The highest BCUT2D eigenvalue weighted by atomic mass is 16.5. The maximum Gasteiger partial charge on any atom is 0.186 e. The highest BCUT2D eigenvalue weighted by molar-refractivity contribution is 5.73. The highest BCUT2D eigenvalue weighted by Gasteiger charge is 2.42. The molecule has 2 fully saturated rings. The van der Waals surface area contributed by atoms with E-state index in [9.17, 15) is 0 Å². The lowest BCUT2D eigenvalue weighted by molar-refractivity contribution is 0.304. The van der Waals surface area contributed by atoms with Crippen LogP contribution >= 0.6 is 0 Å². The van der Waals surface area contributed by atoms with Crippen LogP contribution in [0.3, 0.4) is 0 Å². The second-order valence-electron chi connectivity index (χ2n) is 6.12. The largest absolute Gasteiger partial charge is 0.494 e. The number of fused-ring (bicyclic) bond motifs is 2. The summed E-state index contributed by atoms with van der Waals surface area (Å²) >= 11 is 0. The van der Waals surface area contributed by atoms with Gasteiger partial charge in [0.1, 0.15) is 0 Å². The van der Waals surface area contributed by atoms with Gasteiger partial charge in [0.15, 0.2) is 11.6 Å². The van der Waals surface area contributed by atoms with E-state index in [0.717, 1.165) is 17.3 Å². The molecule has 1 aromatic heterocycles. The fraction of sp³-hybridized carbons (Fsp3) is 0.533. The number of nitrogens with zero attached hydrogens (tertiary/aromatic N) is 4. The van der Waals surface area contributed by atoms with Crippen molar-refractivity contribution in [2.75, 3.05) is 12.8 Å². The molecule has 1 aromatic carbocycles. The van der Waals surface area contributed by atoms with E-state index in [0.29, 0.717) is 23.4 Å². The van der Waals surface area contributed by atoms with E-state index in [1.165, 1.54) is 25.7 Å². The van der Waals surface area contributed by atoms with Gasteiger partial charge in [-0.15, -0.1) is 5.10 Å². The molecular formula is C15H19N5O. The van der Waals surface area contributed by atoms with E-state index in [-0.39, 0.29) is 0 Å². The molecule has 2 saturated carbocycles. The normalized spacial score (nSPS) is 27.2. The predicted octanol–water partition coefficient (Wildman–Crippen LogP) is 2.29. The minimum absolute atomic E-state index is 0.417. The summed E-state index contributed by atoms with van der Waals surface area (Å²) in [6, 6.07) is 6.12. The van der Waals surface area contributed by atoms with Gasteiger partial charge in [0.05, 0.1) is 24.4 Å². The predicted molar refractivity (Wildman–Crippen MR) is 78.7 cm³/mol. The molecule has 3 atom stereocenters. The van der Waals surface area contributed by atoms with Gasteiger partial charge in [-0.3, -0.25) is 0 Å². The first-order valence-corrected chi connectivity index (χ1v) is 7.48. The topological polar surface area (TPSA) is 78.8 Å². The quantitative estimate of drug-likeness (QED) is 0.875. The number of aromatic nitrogens is 4. The van der Waals surface area contributed by atoms with Crippen molar-refractivity contribution in [3.8, 4) is 17.1 Å². The van der Waals surface area contributed by atoms with Crippen molar-refractivity contribution in [3.63, 3.8) is 0 Å². The second-order valence-corrected chi connectivity index (χ2v) is 6.12. The molecule has 6 heteroatoms. The van der Waals surface area contributed by atoms with Crippen LogP contribution in [0, 0.1) is 11.8 Å². The number of ether oxygens (including phenoxy) is 1. The molecule has 3 unspecified atom stereocenters. The van der Waals surface area contributed by atoms with E-state index in [4.69, 9.17) is 10.5 Å². The first kappa shape index (κ1) is 12.6.